The SMILES string of the molecule is COc1cccc(CC(O)C2C3CCCCC32)c1. The third-order valence-electron chi connectivity index (χ3n) is 4.75. The summed E-state index contributed by atoms with van der Waals surface area (Å²) < 4.78 is 5.23. The molecule has 0 spiro atoms. The van der Waals surface area contributed by atoms with Crippen molar-refractivity contribution >= 4 is 0 Å². The van der Waals surface area contributed by atoms with E-state index < -0.39 is 0 Å². The standard InChI is InChI=1S/C16H22O2/c1-18-12-6-4-5-11(9-12)10-15(17)16-13-7-2-3-8-14(13)16/h4-6,9,13-17H,2-3,7-8,10H2,1H3. The van der Waals surface area contributed by atoms with Gasteiger partial charge in [0.2, 0.25) is 0 Å². The first kappa shape index (κ1) is 12.0. The summed E-state index contributed by atoms with van der Waals surface area (Å²) in [6.07, 6.45) is 6.02. The molecule has 1 aromatic rings. The lowest BCUT2D eigenvalue weighted by molar-refractivity contribution is 0.140. The molecular formula is C16H22O2. The Hall–Kier alpha value is -1.02. The summed E-state index contributed by atoms with van der Waals surface area (Å²) in [6, 6.07) is 8.07. The van der Waals surface area contributed by atoms with Crippen LogP contribution >= 0.6 is 0 Å². The fourth-order valence-corrected chi connectivity index (χ4v) is 3.80. The maximum absolute atomic E-state index is 10.4. The molecule has 2 nitrogen and oxygen atoms in total. The number of hydrogen-bond acceptors (Lipinski definition) is 2. The monoisotopic (exact) mass is 246 g/mol. The van der Waals surface area contributed by atoms with Gasteiger partial charge in [-0.25, -0.2) is 0 Å². The Balaban J connectivity index is 1.62. The first-order chi connectivity index (χ1) is 8.79. The summed E-state index contributed by atoms with van der Waals surface area (Å²) in [4.78, 5) is 0. The van der Waals surface area contributed by atoms with Crippen LogP contribution in [-0.2, 0) is 6.42 Å². The van der Waals surface area contributed by atoms with Gasteiger partial charge >= 0.3 is 0 Å². The molecule has 2 heteroatoms. The van der Waals surface area contributed by atoms with E-state index in [0.717, 1.165) is 24.0 Å². The number of aliphatic hydroxyl groups is 1. The molecule has 3 atom stereocenters. The Morgan fingerprint density at radius 2 is 2.00 bits per heavy atom. The lowest BCUT2D eigenvalue weighted by atomic mass is 10.0. The molecule has 3 unspecified atom stereocenters. The average molecular weight is 246 g/mol. The summed E-state index contributed by atoms with van der Waals surface area (Å²) in [5.74, 6) is 3.09. The van der Waals surface area contributed by atoms with Crippen molar-refractivity contribution in [1.82, 2.24) is 0 Å². The van der Waals surface area contributed by atoms with Gasteiger partial charge in [0.05, 0.1) is 13.2 Å². The van der Waals surface area contributed by atoms with Crippen molar-refractivity contribution in [3.8, 4) is 5.75 Å². The minimum Gasteiger partial charge on any atom is -0.497 e. The predicted octanol–water partition coefficient (Wildman–Crippen LogP) is 3.03. The van der Waals surface area contributed by atoms with E-state index in [9.17, 15) is 5.11 Å². The maximum Gasteiger partial charge on any atom is 0.119 e. The smallest absolute Gasteiger partial charge is 0.119 e. The molecule has 0 amide bonds. The van der Waals surface area contributed by atoms with Gasteiger partial charge in [-0.3, -0.25) is 0 Å². The highest BCUT2D eigenvalue weighted by Gasteiger charge is 2.53. The van der Waals surface area contributed by atoms with Crippen LogP contribution in [0.4, 0.5) is 0 Å². The van der Waals surface area contributed by atoms with Gasteiger partial charge in [-0.15, -0.1) is 0 Å². The Morgan fingerprint density at radius 3 is 2.67 bits per heavy atom. The van der Waals surface area contributed by atoms with E-state index in [-0.39, 0.29) is 6.10 Å². The highest BCUT2D eigenvalue weighted by molar-refractivity contribution is 5.29. The Labute approximate surface area is 109 Å². The molecule has 2 aliphatic rings. The fourth-order valence-electron chi connectivity index (χ4n) is 3.80. The zero-order chi connectivity index (χ0) is 12.5. The zero-order valence-electron chi connectivity index (χ0n) is 11.0. The first-order valence-electron chi connectivity index (χ1n) is 7.10. The number of aliphatic hydroxyl groups excluding tert-OH is 1. The summed E-state index contributed by atoms with van der Waals surface area (Å²) in [5, 5.41) is 10.4. The molecular weight excluding hydrogens is 224 g/mol. The van der Waals surface area contributed by atoms with Crippen LogP contribution in [0.15, 0.2) is 24.3 Å². The van der Waals surface area contributed by atoms with E-state index in [1.807, 2.05) is 18.2 Å². The van der Waals surface area contributed by atoms with E-state index in [1.165, 1.54) is 31.2 Å². The van der Waals surface area contributed by atoms with Crippen LogP contribution in [-0.4, -0.2) is 18.3 Å². The number of ether oxygens (including phenoxy) is 1. The van der Waals surface area contributed by atoms with Crippen molar-refractivity contribution in [2.24, 2.45) is 17.8 Å². The molecule has 2 aliphatic carbocycles. The molecule has 0 bridgehead atoms. The lowest BCUT2D eigenvalue weighted by Gasteiger charge is -2.11. The van der Waals surface area contributed by atoms with Gasteiger partial charge in [-0.1, -0.05) is 25.0 Å². The van der Waals surface area contributed by atoms with E-state index in [1.54, 1.807) is 7.11 Å². The van der Waals surface area contributed by atoms with Crippen molar-refractivity contribution in [1.29, 1.82) is 0 Å². The van der Waals surface area contributed by atoms with Crippen molar-refractivity contribution in [3.63, 3.8) is 0 Å². The van der Waals surface area contributed by atoms with Gasteiger partial charge in [0.25, 0.3) is 0 Å². The van der Waals surface area contributed by atoms with Crippen LogP contribution in [0.3, 0.4) is 0 Å². The summed E-state index contributed by atoms with van der Waals surface area (Å²) in [6.45, 7) is 0. The van der Waals surface area contributed by atoms with Gasteiger partial charge in [0.1, 0.15) is 5.75 Å². The molecule has 0 aromatic heterocycles. The largest absolute Gasteiger partial charge is 0.497 e. The van der Waals surface area contributed by atoms with Crippen LogP contribution in [0.2, 0.25) is 0 Å². The third-order valence-corrected chi connectivity index (χ3v) is 4.75. The van der Waals surface area contributed by atoms with Crippen LogP contribution in [0.25, 0.3) is 0 Å². The molecule has 2 saturated carbocycles. The summed E-state index contributed by atoms with van der Waals surface area (Å²) >= 11 is 0. The molecule has 98 valence electrons. The quantitative estimate of drug-likeness (QED) is 0.885. The predicted molar refractivity (Wildman–Crippen MR) is 71.6 cm³/mol. The molecule has 0 radical (unpaired) electrons. The second-order valence-corrected chi connectivity index (χ2v) is 5.81. The Bertz CT molecular complexity index is 403. The second kappa shape index (κ2) is 4.93. The van der Waals surface area contributed by atoms with Crippen LogP contribution < -0.4 is 4.74 Å². The minimum atomic E-state index is -0.162. The molecule has 3 rings (SSSR count). The molecule has 0 saturated heterocycles. The van der Waals surface area contributed by atoms with Crippen LogP contribution in [0.5, 0.6) is 5.75 Å². The van der Waals surface area contributed by atoms with Crippen LogP contribution in [0.1, 0.15) is 31.2 Å². The normalized spacial score (nSPS) is 31.6. The third kappa shape index (κ3) is 2.26. The van der Waals surface area contributed by atoms with E-state index in [2.05, 4.69) is 6.07 Å². The Kier molecular flexibility index (Phi) is 3.29. The fraction of sp³-hybridized carbons (Fsp3) is 0.625. The molecule has 2 fully saturated rings. The average Bonchev–Trinajstić information content (AvgIpc) is 3.13. The number of methoxy groups -OCH3 is 1. The van der Waals surface area contributed by atoms with Gasteiger partial charge in [0.15, 0.2) is 0 Å². The highest BCUT2D eigenvalue weighted by atomic mass is 16.5. The highest BCUT2D eigenvalue weighted by Crippen LogP contribution is 2.57. The van der Waals surface area contributed by atoms with Gasteiger partial charge in [-0.05, 0) is 54.7 Å². The molecule has 1 aromatic carbocycles. The van der Waals surface area contributed by atoms with Gasteiger partial charge in [-0.2, -0.15) is 0 Å². The number of rotatable bonds is 4. The van der Waals surface area contributed by atoms with Gasteiger partial charge < -0.3 is 9.84 Å². The first-order valence-corrected chi connectivity index (χ1v) is 7.10. The minimum absolute atomic E-state index is 0.162. The molecule has 1 N–H and O–H groups in total. The van der Waals surface area contributed by atoms with Crippen molar-refractivity contribution in [2.45, 2.75) is 38.2 Å². The Morgan fingerprint density at radius 1 is 1.28 bits per heavy atom. The zero-order valence-corrected chi connectivity index (χ0v) is 11.0. The molecule has 0 heterocycles. The van der Waals surface area contributed by atoms with E-state index >= 15 is 0 Å². The van der Waals surface area contributed by atoms with Crippen LogP contribution in [0, 0.1) is 17.8 Å². The number of fused-ring (bicyclic) bond motifs is 1. The van der Waals surface area contributed by atoms with E-state index in [4.69, 9.17) is 4.74 Å². The van der Waals surface area contributed by atoms with Crippen molar-refractivity contribution in [3.05, 3.63) is 29.8 Å². The maximum atomic E-state index is 10.4. The lowest BCUT2D eigenvalue weighted by Crippen LogP contribution is -2.15. The number of benzene rings is 1. The number of hydrogen-bond donors (Lipinski definition) is 1. The second-order valence-electron chi connectivity index (χ2n) is 5.81. The van der Waals surface area contributed by atoms with Gasteiger partial charge in [0, 0.05) is 0 Å². The molecule has 18 heavy (non-hydrogen) atoms. The topological polar surface area (TPSA) is 29.5 Å². The van der Waals surface area contributed by atoms with Crippen molar-refractivity contribution < 1.29 is 9.84 Å². The summed E-state index contributed by atoms with van der Waals surface area (Å²) in [5.41, 5.74) is 1.19. The molecule has 0 aliphatic heterocycles. The summed E-state index contributed by atoms with van der Waals surface area (Å²) in [7, 11) is 1.69. The van der Waals surface area contributed by atoms with Crippen molar-refractivity contribution in [2.75, 3.05) is 7.11 Å². The van der Waals surface area contributed by atoms with E-state index in [0.29, 0.717) is 5.92 Å².